The number of thiocarbonyl (C=S) groups is 1. The molecule has 4 nitrogen and oxygen atoms in total. The average molecular weight is 617 g/mol. The second-order valence-electron chi connectivity index (χ2n) is 8.86. The number of amides is 1. The number of nitrogens with zero attached hydrogens (tertiary/aromatic N) is 1. The Kier molecular flexibility index (Phi) is 8.50. The number of thioether (sulfide) groups is 1. The molecule has 0 bridgehead atoms. The second-order valence-corrected chi connectivity index (χ2v) is 11.5. The van der Waals surface area contributed by atoms with Gasteiger partial charge in [-0.15, -0.1) is 6.58 Å². The van der Waals surface area contributed by atoms with Crippen LogP contribution < -0.4 is 14.4 Å². The predicted octanol–water partition coefficient (Wildman–Crippen LogP) is 8.71. The van der Waals surface area contributed by atoms with Gasteiger partial charge in [0.1, 0.15) is 6.61 Å². The number of allylic oxidation sites excluding steroid dienone is 1. The minimum absolute atomic E-state index is 0.139. The molecular formula is C32H26BrNO3S2. The summed E-state index contributed by atoms with van der Waals surface area (Å²) in [6, 6.07) is 25.9. The van der Waals surface area contributed by atoms with Gasteiger partial charge in [0.2, 0.25) is 0 Å². The number of hydrogen-bond donors (Lipinski definition) is 0. The number of rotatable bonds is 9. The van der Waals surface area contributed by atoms with E-state index in [1.807, 2.05) is 97.9 Å². The number of halogens is 1. The van der Waals surface area contributed by atoms with Gasteiger partial charge in [0.15, 0.2) is 15.8 Å². The molecule has 0 atom stereocenters. The van der Waals surface area contributed by atoms with E-state index >= 15 is 0 Å². The van der Waals surface area contributed by atoms with Crippen molar-refractivity contribution >= 4 is 72.7 Å². The van der Waals surface area contributed by atoms with E-state index in [1.54, 1.807) is 4.90 Å². The Hall–Kier alpha value is -3.39. The Morgan fingerprint density at radius 2 is 1.79 bits per heavy atom. The Morgan fingerprint density at radius 1 is 1.03 bits per heavy atom. The lowest BCUT2D eigenvalue weighted by Gasteiger charge is -2.17. The highest BCUT2D eigenvalue weighted by Crippen LogP contribution is 2.40. The van der Waals surface area contributed by atoms with Crippen LogP contribution in [0.3, 0.4) is 0 Å². The molecule has 4 aromatic carbocycles. The van der Waals surface area contributed by atoms with E-state index in [9.17, 15) is 4.79 Å². The van der Waals surface area contributed by atoms with Crippen LogP contribution in [0.1, 0.15) is 23.6 Å². The monoisotopic (exact) mass is 615 g/mol. The molecule has 1 heterocycles. The van der Waals surface area contributed by atoms with Crippen molar-refractivity contribution in [2.24, 2.45) is 0 Å². The third kappa shape index (κ3) is 5.96. The Balaban J connectivity index is 1.48. The molecule has 0 N–H and O–H groups in total. The fraction of sp³-hybridized carbons (Fsp3) is 0.125. The molecule has 0 radical (unpaired) electrons. The zero-order valence-corrected chi connectivity index (χ0v) is 24.6. The molecule has 196 valence electrons. The van der Waals surface area contributed by atoms with Crippen LogP contribution in [0.5, 0.6) is 11.5 Å². The SMILES string of the molecule is C=CCc1cc(/C=C2/SC(=S)N(c3cccc4ccccc34)C2=O)cc(OCC)c1OCc1ccc(Br)cc1. The zero-order chi connectivity index (χ0) is 27.4. The fourth-order valence-corrected chi connectivity index (χ4v) is 6.02. The predicted molar refractivity (Wildman–Crippen MR) is 170 cm³/mol. The third-order valence-electron chi connectivity index (χ3n) is 6.21. The third-order valence-corrected chi connectivity index (χ3v) is 8.04. The Morgan fingerprint density at radius 3 is 2.56 bits per heavy atom. The molecule has 1 saturated heterocycles. The van der Waals surface area contributed by atoms with Crippen molar-refractivity contribution in [1.82, 2.24) is 0 Å². The first-order chi connectivity index (χ1) is 19.0. The molecule has 7 heteroatoms. The summed E-state index contributed by atoms with van der Waals surface area (Å²) in [7, 11) is 0. The molecule has 4 aromatic rings. The molecule has 1 fully saturated rings. The van der Waals surface area contributed by atoms with Gasteiger partial charge in [-0.25, -0.2) is 0 Å². The lowest BCUT2D eigenvalue weighted by Crippen LogP contribution is -2.27. The molecular weight excluding hydrogens is 590 g/mol. The van der Waals surface area contributed by atoms with Crippen LogP contribution in [0.15, 0.2) is 101 Å². The first-order valence-corrected chi connectivity index (χ1v) is 14.5. The van der Waals surface area contributed by atoms with Crippen molar-refractivity contribution in [2.75, 3.05) is 11.5 Å². The maximum absolute atomic E-state index is 13.6. The summed E-state index contributed by atoms with van der Waals surface area (Å²) >= 11 is 10.4. The molecule has 0 saturated carbocycles. The minimum atomic E-state index is -0.139. The summed E-state index contributed by atoms with van der Waals surface area (Å²) in [6.07, 6.45) is 4.30. The smallest absolute Gasteiger partial charge is 0.270 e. The van der Waals surface area contributed by atoms with Crippen molar-refractivity contribution in [2.45, 2.75) is 20.0 Å². The molecule has 0 aliphatic carbocycles. The summed E-state index contributed by atoms with van der Waals surface area (Å²) in [5.41, 5.74) is 3.61. The number of carbonyl (C=O) groups is 1. The molecule has 0 spiro atoms. The number of hydrogen-bond acceptors (Lipinski definition) is 5. The van der Waals surface area contributed by atoms with Crippen LogP contribution in [-0.4, -0.2) is 16.8 Å². The van der Waals surface area contributed by atoms with Crippen LogP contribution in [0, 0.1) is 0 Å². The van der Waals surface area contributed by atoms with Crippen molar-refractivity contribution < 1.29 is 14.3 Å². The van der Waals surface area contributed by atoms with E-state index in [0.717, 1.165) is 37.6 Å². The van der Waals surface area contributed by atoms with E-state index < -0.39 is 0 Å². The van der Waals surface area contributed by atoms with E-state index in [-0.39, 0.29) is 5.91 Å². The number of benzene rings is 4. The van der Waals surface area contributed by atoms with Crippen molar-refractivity contribution in [1.29, 1.82) is 0 Å². The summed E-state index contributed by atoms with van der Waals surface area (Å²) in [4.78, 5) is 15.8. The maximum atomic E-state index is 13.6. The minimum Gasteiger partial charge on any atom is -0.490 e. The fourth-order valence-electron chi connectivity index (χ4n) is 4.47. The zero-order valence-electron chi connectivity index (χ0n) is 21.4. The van der Waals surface area contributed by atoms with Gasteiger partial charge in [-0.05, 0) is 66.3 Å². The van der Waals surface area contributed by atoms with E-state index in [0.29, 0.717) is 40.4 Å². The van der Waals surface area contributed by atoms with Crippen LogP contribution in [0.4, 0.5) is 5.69 Å². The lowest BCUT2D eigenvalue weighted by molar-refractivity contribution is -0.113. The second kappa shape index (κ2) is 12.2. The number of carbonyl (C=O) groups excluding carboxylic acids is 1. The largest absolute Gasteiger partial charge is 0.490 e. The molecule has 0 unspecified atom stereocenters. The maximum Gasteiger partial charge on any atom is 0.270 e. The van der Waals surface area contributed by atoms with E-state index in [4.69, 9.17) is 21.7 Å². The summed E-state index contributed by atoms with van der Waals surface area (Å²) in [6.45, 7) is 6.75. The van der Waals surface area contributed by atoms with Crippen molar-refractivity contribution in [3.63, 3.8) is 0 Å². The van der Waals surface area contributed by atoms with Gasteiger partial charge in [-0.1, -0.05) is 94.5 Å². The van der Waals surface area contributed by atoms with Gasteiger partial charge in [0.05, 0.1) is 17.2 Å². The topological polar surface area (TPSA) is 38.8 Å². The van der Waals surface area contributed by atoms with Crippen LogP contribution >= 0.6 is 39.9 Å². The molecule has 1 aliphatic heterocycles. The summed E-state index contributed by atoms with van der Waals surface area (Å²) in [5.74, 6) is 1.17. The average Bonchev–Trinajstić information content (AvgIpc) is 3.21. The van der Waals surface area contributed by atoms with Gasteiger partial charge in [0, 0.05) is 15.4 Å². The van der Waals surface area contributed by atoms with Crippen LogP contribution in [-0.2, 0) is 17.8 Å². The lowest BCUT2D eigenvalue weighted by atomic mass is 10.0. The summed E-state index contributed by atoms with van der Waals surface area (Å²) in [5, 5.41) is 2.04. The Labute approximate surface area is 246 Å². The summed E-state index contributed by atoms with van der Waals surface area (Å²) < 4.78 is 13.8. The molecule has 5 rings (SSSR count). The number of anilines is 1. The normalized spacial score (nSPS) is 14.3. The van der Waals surface area contributed by atoms with Gasteiger partial charge >= 0.3 is 0 Å². The molecule has 1 amide bonds. The van der Waals surface area contributed by atoms with Crippen LogP contribution in [0.2, 0.25) is 0 Å². The highest BCUT2D eigenvalue weighted by Gasteiger charge is 2.34. The number of ether oxygens (including phenoxy) is 2. The van der Waals surface area contributed by atoms with Crippen LogP contribution in [0.25, 0.3) is 16.8 Å². The molecule has 39 heavy (non-hydrogen) atoms. The molecule has 0 aromatic heterocycles. The van der Waals surface area contributed by atoms with Gasteiger partial charge in [0.25, 0.3) is 5.91 Å². The first-order valence-electron chi connectivity index (χ1n) is 12.5. The van der Waals surface area contributed by atoms with Gasteiger partial charge in [-0.2, -0.15) is 0 Å². The van der Waals surface area contributed by atoms with Gasteiger partial charge < -0.3 is 9.47 Å². The van der Waals surface area contributed by atoms with Gasteiger partial charge in [-0.3, -0.25) is 9.69 Å². The van der Waals surface area contributed by atoms with Crippen molar-refractivity contribution in [3.05, 3.63) is 118 Å². The highest BCUT2D eigenvalue weighted by molar-refractivity contribution is 9.10. The van der Waals surface area contributed by atoms with E-state index in [1.165, 1.54) is 11.8 Å². The first kappa shape index (κ1) is 27.2. The van der Waals surface area contributed by atoms with E-state index in [2.05, 4.69) is 22.5 Å². The standard InChI is InChI=1S/C32H26BrNO3S2/c1-3-8-24-17-22(18-28(36-4-2)30(24)37-20-21-13-15-25(33)16-14-21)19-29-31(35)34(32(38)39-29)27-12-7-10-23-9-5-6-11-26(23)27/h3,5-7,9-19H,1,4,8,20H2,2H3/b29-19+. The highest BCUT2D eigenvalue weighted by atomic mass is 79.9. The number of fused-ring (bicyclic) bond motifs is 1. The Bertz CT molecular complexity index is 1590. The van der Waals surface area contributed by atoms with Crippen molar-refractivity contribution in [3.8, 4) is 11.5 Å². The molecule has 1 aliphatic rings. The quantitative estimate of drug-likeness (QED) is 0.107.